The van der Waals surface area contributed by atoms with Crippen LogP contribution in [0.5, 0.6) is 0 Å². The number of halogens is 3. The topological polar surface area (TPSA) is 103 Å². The van der Waals surface area contributed by atoms with Crippen LogP contribution in [0.1, 0.15) is 33.1 Å². The number of aryl methyl sites for hydroxylation is 2. The van der Waals surface area contributed by atoms with Crippen LogP contribution in [0.3, 0.4) is 0 Å². The summed E-state index contributed by atoms with van der Waals surface area (Å²) in [6.45, 7) is 3.66. The van der Waals surface area contributed by atoms with Crippen LogP contribution in [0, 0.1) is 13.8 Å². The number of nitrogen functional groups attached to an aromatic ring is 1. The van der Waals surface area contributed by atoms with Crippen molar-refractivity contribution in [3.05, 3.63) is 95.4 Å². The molecule has 0 aliphatic rings. The minimum atomic E-state index is -4.58. The average Bonchev–Trinajstić information content (AvgIpc) is 3.44. The summed E-state index contributed by atoms with van der Waals surface area (Å²) in [6.07, 6.45) is -2.03. The molecule has 0 saturated carbocycles. The first-order valence-electron chi connectivity index (χ1n) is 11.3. The fourth-order valence-corrected chi connectivity index (χ4v) is 4.34. The molecular weight excluding hydrogens is 483 g/mol. The number of rotatable bonds is 5. The Balaban J connectivity index is 1.45. The van der Waals surface area contributed by atoms with E-state index in [0.717, 1.165) is 15.9 Å². The summed E-state index contributed by atoms with van der Waals surface area (Å²) in [7, 11) is 0. The summed E-state index contributed by atoms with van der Waals surface area (Å²) in [5.74, 6) is -0.156. The van der Waals surface area contributed by atoms with Crippen LogP contribution >= 0.6 is 0 Å². The molecule has 0 saturated heterocycles. The van der Waals surface area contributed by atoms with Gasteiger partial charge in [-0.2, -0.15) is 23.4 Å². The number of amides is 1. The lowest BCUT2D eigenvalue weighted by Crippen LogP contribution is -2.28. The molecule has 8 nitrogen and oxygen atoms in total. The Morgan fingerprint density at radius 2 is 1.78 bits per heavy atom. The van der Waals surface area contributed by atoms with Crippen molar-refractivity contribution >= 4 is 23.1 Å². The Morgan fingerprint density at radius 1 is 1.03 bits per heavy atom. The third kappa shape index (κ3) is 4.51. The van der Waals surface area contributed by atoms with Crippen molar-refractivity contribution in [2.75, 3.05) is 11.1 Å². The van der Waals surface area contributed by atoms with Gasteiger partial charge >= 0.3 is 6.18 Å². The number of alkyl halides is 3. The molecule has 3 N–H and O–H groups in total. The van der Waals surface area contributed by atoms with Crippen LogP contribution in [0.15, 0.2) is 73.2 Å². The highest BCUT2D eigenvalue weighted by molar-refractivity contribution is 6.05. The SMILES string of the molecule is Cc1ccc(-c2cc(C)c3c(N)ncnn23)cc1C(=O)Nc1ccn(C(c2ccccc2)C(F)(F)F)n1. The third-order valence-electron chi connectivity index (χ3n) is 6.09. The Morgan fingerprint density at radius 3 is 2.51 bits per heavy atom. The van der Waals surface area contributed by atoms with Crippen LogP contribution in [0.4, 0.5) is 24.8 Å². The minimum absolute atomic E-state index is 0.00415. The van der Waals surface area contributed by atoms with Crippen LogP contribution in [0.25, 0.3) is 16.8 Å². The summed E-state index contributed by atoms with van der Waals surface area (Å²) in [5.41, 5.74) is 10.1. The zero-order valence-corrected chi connectivity index (χ0v) is 19.9. The van der Waals surface area contributed by atoms with Gasteiger partial charge in [-0.05, 0) is 42.7 Å². The molecule has 11 heteroatoms. The molecule has 188 valence electrons. The Kier molecular flexibility index (Phi) is 5.90. The normalized spacial score (nSPS) is 12.6. The van der Waals surface area contributed by atoms with Crippen LogP contribution in [-0.4, -0.2) is 36.5 Å². The molecule has 0 aliphatic heterocycles. The number of nitrogens with one attached hydrogen (secondary N) is 1. The van der Waals surface area contributed by atoms with Crippen molar-refractivity contribution in [2.45, 2.75) is 26.1 Å². The molecule has 0 radical (unpaired) electrons. The molecule has 5 rings (SSSR count). The van der Waals surface area contributed by atoms with Gasteiger partial charge in [0.15, 0.2) is 17.7 Å². The number of nitrogens with zero attached hydrogens (tertiary/aromatic N) is 5. The van der Waals surface area contributed by atoms with Gasteiger partial charge in [-0.1, -0.05) is 42.5 Å². The highest BCUT2D eigenvalue weighted by Gasteiger charge is 2.42. The summed E-state index contributed by atoms with van der Waals surface area (Å²) >= 11 is 0. The first kappa shape index (κ1) is 24.0. The van der Waals surface area contributed by atoms with E-state index in [1.54, 1.807) is 29.6 Å². The smallest absolute Gasteiger partial charge is 0.382 e. The van der Waals surface area contributed by atoms with E-state index in [-0.39, 0.29) is 11.4 Å². The van der Waals surface area contributed by atoms with Gasteiger partial charge in [0, 0.05) is 23.4 Å². The number of carbonyl (C=O) groups excluding carboxylic acids is 1. The Bertz CT molecular complexity index is 1610. The highest BCUT2D eigenvalue weighted by atomic mass is 19.4. The van der Waals surface area contributed by atoms with E-state index >= 15 is 0 Å². The zero-order valence-electron chi connectivity index (χ0n) is 19.9. The number of hydrogen-bond donors (Lipinski definition) is 2. The van der Waals surface area contributed by atoms with Crippen LogP contribution < -0.4 is 11.1 Å². The maximum Gasteiger partial charge on any atom is 0.415 e. The highest BCUT2D eigenvalue weighted by Crippen LogP contribution is 2.36. The van der Waals surface area contributed by atoms with Crippen LogP contribution in [-0.2, 0) is 0 Å². The molecule has 3 heterocycles. The molecule has 1 unspecified atom stereocenters. The minimum Gasteiger partial charge on any atom is -0.382 e. The summed E-state index contributed by atoms with van der Waals surface area (Å²) < 4.78 is 44.0. The molecule has 0 aliphatic carbocycles. The molecular formula is C26H22F3N7O. The van der Waals surface area contributed by atoms with E-state index in [2.05, 4.69) is 20.5 Å². The van der Waals surface area contributed by atoms with Crippen molar-refractivity contribution in [1.29, 1.82) is 0 Å². The fraction of sp³-hybridized carbons (Fsp3) is 0.154. The van der Waals surface area contributed by atoms with E-state index in [0.29, 0.717) is 28.0 Å². The molecule has 37 heavy (non-hydrogen) atoms. The maximum atomic E-state index is 13.9. The van der Waals surface area contributed by atoms with Crippen molar-refractivity contribution in [2.24, 2.45) is 0 Å². The van der Waals surface area contributed by atoms with Crippen molar-refractivity contribution < 1.29 is 18.0 Å². The standard InChI is InChI=1S/C26H22F3N7O/c1-15-8-9-18(20-12-16(2)22-24(30)31-14-32-36(20)22)13-19(15)25(37)33-21-10-11-35(34-21)23(26(27,28)29)17-6-4-3-5-7-17/h3-14,23H,1-2H3,(H2,30,31,32)(H,33,34,37). The second kappa shape index (κ2) is 9.08. The molecule has 1 atom stereocenters. The van der Waals surface area contributed by atoms with Gasteiger partial charge in [0.1, 0.15) is 11.8 Å². The number of carbonyl (C=O) groups is 1. The van der Waals surface area contributed by atoms with E-state index in [4.69, 9.17) is 5.73 Å². The van der Waals surface area contributed by atoms with E-state index in [9.17, 15) is 18.0 Å². The first-order valence-corrected chi connectivity index (χ1v) is 11.3. The second-order valence-electron chi connectivity index (χ2n) is 8.64. The van der Waals surface area contributed by atoms with E-state index in [1.807, 2.05) is 19.1 Å². The molecule has 0 bridgehead atoms. The maximum absolute atomic E-state index is 13.9. The summed E-state index contributed by atoms with van der Waals surface area (Å²) in [4.78, 5) is 17.2. The second-order valence-corrected chi connectivity index (χ2v) is 8.64. The fourth-order valence-electron chi connectivity index (χ4n) is 4.34. The summed E-state index contributed by atoms with van der Waals surface area (Å²) in [6, 6.07) is 14.1. The molecule has 1 amide bonds. The number of hydrogen-bond acceptors (Lipinski definition) is 5. The van der Waals surface area contributed by atoms with Crippen molar-refractivity contribution in [3.63, 3.8) is 0 Å². The summed E-state index contributed by atoms with van der Waals surface area (Å²) in [5, 5.41) is 10.9. The van der Waals surface area contributed by atoms with Gasteiger partial charge < -0.3 is 11.1 Å². The first-order chi connectivity index (χ1) is 17.6. The number of nitrogens with two attached hydrogens (primary N) is 1. The number of fused-ring (bicyclic) bond motifs is 1. The molecule has 0 fully saturated rings. The van der Waals surface area contributed by atoms with Gasteiger partial charge in [0.2, 0.25) is 0 Å². The molecule has 0 spiro atoms. The van der Waals surface area contributed by atoms with Gasteiger partial charge in [-0.25, -0.2) is 9.50 Å². The van der Waals surface area contributed by atoms with Gasteiger partial charge in [-0.15, -0.1) is 0 Å². The van der Waals surface area contributed by atoms with Gasteiger partial charge in [0.25, 0.3) is 5.91 Å². The quantitative estimate of drug-likeness (QED) is 0.342. The van der Waals surface area contributed by atoms with E-state index < -0.39 is 18.1 Å². The zero-order chi connectivity index (χ0) is 26.3. The number of aromatic nitrogens is 5. The van der Waals surface area contributed by atoms with Gasteiger partial charge in [0.05, 0.1) is 5.69 Å². The Labute approximate surface area is 209 Å². The molecule has 3 aromatic heterocycles. The predicted octanol–water partition coefficient (Wildman–Crippen LogP) is 5.20. The number of benzene rings is 2. The Hall–Kier alpha value is -4.67. The lowest BCUT2D eigenvalue weighted by atomic mass is 10.0. The predicted molar refractivity (Wildman–Crippen MR) is 133 cm³/mol. The molecule has 5 aromatic rings. The largest absolute Gasteiger partial charge is 0.415 e. The third-order valence-corrected chi connectivity index (χ3v) is 6.09. The monoisotopic (exact) mass is 505 g/mol. The van der Waals surface area contributed by atoms with E-state index in [1.165, 1.54) is 42.9 Å². The van der Waals surface area contributed by atoms with Gasteiger partial charge in [-0.3, -0.25) is 9.48 Å². The lowest BCUT2D eigenvalue weighted by molar-refractivity contribution is -0.159. The van der Waals surface area contributed by atoms with Crippen molar-refractivity contribution in [3.8, 4) is 11.3 Å². The molecule has 2 aromatic carbocycles. The number of anilines is 2. The van der Waals surface area contributed by atoms with Crippen LogP contribution in [0.2, 0.25) is 0 Å². The van der Waals surface area contributed by atoms with Crippen molar-refractivity contribution in [1.82, 2.24) is 24.4 Å². The lowest BCUT2D eigenvalue weighted by Gasteiger charge is -2.21. The average molecular weight is 506 g/mol.